The Morgan fingerprint density at radius 3 is 2.88 bits per heavy atom. The lowest BCUT2D eigenvalue weighted by Crippen LogP contribution is -2.05. The monoisotopic (exact) mass is 329 g/mol. The van der Waals surface area contributed by atoms with Crippen molar-refractivity contribution in [1.82, 2.24) is 14.8 Å². The SMILES string of the molecule is Cc1c(I)c(-c2ccccn2)nn1CCO. The second-order valence-corrected chi connectivity index (χ2v) is 4.49. The van der Waals surface area contributed by atoms with Crippen LogP contribution in [-0.2, 0) is 6.54 Å². The van der Waals surface area contributed by atoms with Crippen LogP contribution in [0.1, 0.15) is 5.69 Å². The molecule has 0 radical (unpaired) electrons. The molecule has 2 aromatic rings. The number of rotatable bonds is 3. The van der Waals surface area contributed by atoms with Gasteiger partial charge in [-0.2, -0.15) is 5.10 Å². The van der Waals surface area contributed by atoms with Crippen LogP contribution in [0.25, 0.3) is 11.4 Å². The van der Waals surface area contributed by atoms with E-state index in [-0.39, 0.29) is 6.61 Å². The average molecular weight is 329 g/mol. The van der Waals surface area contributed by atoms with Gasteiger partial charge in [-0.25, -0.2) is 0 Å². The summed E-state index contributed by atoms with van der Waals surface area (Å²) in [4.78, 5) is 4.28. The minimum atomic E-state index is 0.0975. The Morgan fingerprint density at radius 1 is 1.44 bits per heavy atom. The van der Waals surface area contributed by atoms with E-state index in [1.807, 2.05) is 29.8 Å². The smallest absolute Gasteiger partial charge is 0.124 e. The maximum atomic E-state index is 8.94. The normalized spacial score (nSPS) is 10.7. The van der Waals surface area contributed by atoms with Crippen LogP contribution < -0.4 is 0 Å². The van der Waals surface area contributed by atoms with Crippen molar-refractivity contribution in [3.05, 3.63) is 33.7 Å². The van der Waals surface area contributed by atoms with Crippen LogP contribution >= 0.6 is 22.6 Å². The molecule has 0 amide bonds. The highest BCUT2D eigenvalue weighted by Gasteiger charge is 2.13. The van der Waals surface area contributed by atoms with Crippen molar-refractivity contribution >= 4 is 22.6 Å². The summed E-state index contributed by atoms with van der Waals surface area (Å²) in [6.07, 6.45) is 1.76. The number of nitrogens with zero attached hydrogens (tertiary/aromatic N) is 3. The average Bonchev–Trinajstić information content (AvgIpc) is 2.59. The van der Waals surface area contributed by atoms with Gasteiger partial charge in [-0.05, 0) is 41.6 Å². The van der Waals surface area contributed by atoms with Crippen molar-refractivity contribution in [3.8, 4) is 11.4 Å². The van der Waals surface area contributed by atoms with Crippen molar-refractivity contribution in [2.45, 2.75) is 13.5 Å². The molecule has 0 aliphatic carbocycles. The first-order valence-corrected chi connectivity index (χ1v) is 6.07. The quantitative estimate of drug-likeness (QED) is 0.875. The largest absolute Gasteiger partial charge is 0.394 e. The van der Waals surface area contributed by atoms with E-state index >= 15 is 0 Å². The third-order valence-electron chi connectivity index (χ3n) is 2.35. The van der Waals surface area contributed by atoms with Crippen LogP contribution in [0.15, 0.2) is 24.4 Å². The summed E-state index contributed by atoms with van der Waals surface area (Å²) in [6, 6.07) is 5.76. The lowest BCUT2D eigenvalue weighted by atomic mass is 10.2. The summed E-state index contributed by atoms with van der Waals surface area (Å²) in [5.74, 6) is 0. The molecule has 2 rings (SSSR count). The van der Waals surface area contributed by atoms with Crippen molar-refractivity contribution in [2.75, 3.05) is 6.61 Å². The van der Waals surface area contributed by atoms with Gasteiger partial charge in [0.15, 0.2) is 0 Å². The third-order valence-corrected chi connectivity index (χ3v) is 3.64. The van der Waals surface area contributed by atoms with E-state index in [1.165, 1.54) is 0 Å². The second-order valence-electron chi connectivity index (χ2n) is 3.41. The topological polar surface area (TPSA) is 50.9 Å². The van der Waals surface area contributed by atoms with Gasteiger partial charge in [0.1, 0.15) is 5.69 Å². The van der Waals surface area contributed by atoms with Gasteiger partial charge in [0, 0.05) is 11.9 Å². The highest BCUT2D eigenvalue weighted by atomic mass is 127. The highest BCUT2D eigenvalue weighted by Crippen LogP contribution is 2.24. The number of hydrogen-bond acceptors (Lipinski definition) is 3. The Balaban J connectivity index is 2.46. The predicted molar refractivity (Wildman–Crippen MR) is 70.0 cm³/mol. The molecule has 0 saturated carbocycles. The lowest BCUT2D eigenvalue weighted by molar-refractivity contribution is 0.268. The maximum Gasteiger partial charge on any atom is 0.124 e. The molecular formula is C11H12IN3O. The van der Waals surface area contributed by atoms with E-state index in [0.717, 1.165) is 20.7 Å². The number of aliphatic hydroxyl groups excluding tert-OH is 1. The summed E-state index contributed by atoms with van der Waals surface area (Å²) in [7, 11) is 0. The van der Waals surface area contributed by atoms with Crippen LogP contribution in [-0.4, -0.2) is 26.5 Å². The summed E-state index contributed by atoms with van der Waals surface area (Å²) < 4.78 is 2.90. The minimum Gasteiger partial charge on any atom is -0.394 e. The molecule has 4 nitrogen and oxygen atoms in total. The van der Waals surface area contributed by atoms with Crippen LogP contribution in [0.4, 0.5) is 0 Å². The lowest BCUT2D eigenvalue weighted by Gasteiger charge is -1.99. The van der Waals surface area contributed by atoms with Gasteiger partial charge in [-0.1, -0.05) is 6.07 Å². The Kier molecular flexibility index (Phi) is 3.55. The molecule has 0 spiro atoms. The molecule has 0 atom stereocenters. The van der Waals surface area contributed by atoms with Gasteiger partial charge in [0.2, 0.25) is 0 Å². The van der Waals surface area contributed by atoms with Crippen molar-refractivity contribution in [2.24, 2.45) is 0 Å². The van der Waals surface area contributed by atoms with Crippen molar-refractivity contribution < 1.29 is 5.11 Å². The molecule has 0 aliphatic rings. The standard InChI is InChI=1S/C11H12IN3O/c1-8-10(12)11(14-15(8)6-7-16)9-4-2-3-5-13-9/h2-5,16H,6-7H2,1H3. The Bertz CT molecular complexity index is 481. The second kappa shape index (κ2) is 4.92. The summed E-state index contributed by atoms with van der Waals surface area (Å²) in [5.41, 5.74) is 2.81. The van der Waals surface area contributed by atoms with Crippen molar-refractivity contribution in [1.29, 1.82) is 0 Å². The fraction of sp³-hybridized carbons (Fsp3) is 0.273. The first-order chi connectivity index (χ1) is 7.74. The molecule has 2 aromatic heterocycles. The van der Waals surface area contributed by atoms with E-state index in [9.17, 15) is 0 Å². The molecule has 0 aromatic carbocycles. The molecule has 2 heterocycles. The van der Waals surface area contributed by atoms with Crippen molar-refractivity contribution in [3.63, 3.8) is 0 Å². The molecule has 16 heavy (non-hydrogen) atoms. The molecule has 1 N–H and O–H groups in total. The molecule has 0 saturated heterocycles. The first-order valence-electron chi connectivity index (χ1n) is 4.99. The summed E-state index contributed by atoms with van der Waals surface area (Å²) in [5, 5.41) is 13.4. The van der Waals surface area contributed by atoms with E-state index in [2.05, 4.69) is 32.7 Å². The Morgan fingerprint density at radius 2 is 2.25 bits per heavy atom. The Hall–Kier alpha value is -0.950. The minimum absolute atomic E-state index is 0.0975. The number of pyridine rings is 1. The Labute approximate surface area is 107 Å². The zero-order valence-electron chi connectivity index (χ0n) is 8.89. The third kappa shape index (κ3) is 2.10. The molecular weight excluding hydrogens is 317 g/mol. The number of aromatic nitrogens is 3. The zero-order chi connectivity index (χ0) is 11.5. The van der Waals surface area contributed by atoms with Gasteiger partial charge in [-0.15, -0.1) is 0 Å². The van der Waals surface area contributed by atoms with Gasteiger partial charge >= 0.3 is 0 Å². The molecule has 5 heteroatoms. The number of hydrogen-bond donors (Lipinski definition) is 1. The summed E-state index contributed by atoms with van der Waals surface area (Å²) in [6.45, 7) is 2.62. The molecule has 0 fully saturated rings. The van der Waals surface area contributed by atoms with Crippen LogP contribution in [0, 0.1) is 10.5 Å². The first kappa shape index (κ1) is 11.5. The maximum absolute atomic E-state index is 8.94. The zero-order valence-corrected chi connectivity index (χ0v) is 11.0. The molecule has 0 bridgehead atoms. The van der Waals surface area contributed by atoms with E-state index < -0.39 is 0 Å². The van der Waals surface area contributed by atoms with Crippen LogP contribution in [0.2, 0.25) is 0 Å². The van der Waals surface area contributed by atoms with Gasteiger partial charge in [0.05, 0.1) is 22.4 Å². The van der Waals surface area contributed by atoms with Gasteiger partial charge < -0.3 is 5.11 Å². The van der Waals surface area contributed by atoms with Gasteiger partial charge in [-0.3, -0.25) is 9.67 Å². The van der Waals surface area contributed by atoms with E-state index in [4.69, 9.17) is 5.11 Å². The molecule has 0 aliphatic heterocycles. The fourth-order valence-electron chi connectivity index (χ4n) is 1.50. The van der Waals surface area contributed by atoms with Crippen LogP contribution in [0.3, 0.4) is 0 Å². The molecule has 0 unspecified atom stereocenters. The fourth-order valence-corrected chi connectivity index (χ4v) is 2.17. The van der Waals surface area contributed by atoms with Gasteiger partial charge in [0.25, 0.3) is 0 Å². The highest BCUT2D eigenvalue weighted by molar-refractivity contribution is 14.1. The summed E-state index contributed by atoms with van der Waals surface area (Å²) >= 11 is 2.26. The number of aliphatic hydroxyl groups is 1. The van der Waals surface area contributed by atoms with Crippen LogP contribution in [0.5, 0.6) is 0 Å². The van der Waals surface area contributed by atoms with E-state index in [0.29, 0.717) is 6.54 Å². The molecule has 84 valence electrons. The predicted octanol–water partition coefficient (Wildman–Crippen LogP) is 1.85. The number of halogens is 1. The van der Waals surface area contributed by atoms with E-state index in [1.54, 1.807) is 6.20 Å².